The van der Waals surface area contributed by atoms with E-state index >= 15 is 0 Å². The van der Waals surface area contributed by atoms with Crippen molar-refractivity contribution in [1.82, 2.24) is 4.98 Å². The molecule has 5 N–H and O–H groups in total. The van der Waals surface area contributed by atoms with E-state index in [1.165, 1.54) is 12.1 Å². The highest BCUT2D eigenvalue weighted by Crippen LogP contribution is 2.19. The lowest BCUT2D eigenvalue weighted by Gasteiger charge is -2.07. The van der Waals surface area contributed by atoms with Gasteiger partial charge in [0.05, 0.1) is 17.1 Å². The Morgan fingerprint density at radius 2 is 2.06 bits per heavy atom. The van der Waals surface area contributed by atoms with Gasteiger partial charge in [-0.3, -0.25) is 10.1 Å². The highest BCUT2D eigenvalue weighted by molar-refractivity contribution is 5.54. The number of nitrogens with zero attached hydrogens (tertiary/aromatic N) is 2. The number of pyridine rings is 1. The molecule has 8 nitrogen and oxygen atoms in total. The number of hydrazine groups is 1. The Hall–Kier alpha value is -1.93. The summed E-state index contributed by atoms with van der Waals surface area (Å²) in [5.41, 5.74) is 2.21. The average molecular weight is 255 g/mol. The lowest BCUT2D eigenvalue weighted by Crippen LogP contribution is -2.11. The molecule has 0 saturated heterocycles. The van der Waals surface area contributed by atoms with Crippen LogP contribution in [0.2, 0.25) is 0 Å². The van der Waals surface area contributed by atoms with Crippen LogP contribution in [-0.4, -0.2) is 28.2 Å². The number of aliphatic hydroxyl groups excluding tert-OH is 1. The van der Waals surface area contributed by atoms with Crippen LogP contribution in [0.3, 0.4) is 0 Å². The van der Waals surface area contributed by atoms with Gasteiger partial charge in [0.15, 0.2) is 0 Å². The van der Waals surface area contributed by atoms with Crippen LogP contribution < -0.4 is 16.6 Å². The van der Waals surface area contributed by atoms with Gasteiger partial charge in [-0.25, -0.2) is 10.8 Å². The summed E-state index contributed by atoms with van der Waals surface area (Å²) in [5, 5.41) is 22.3. The van der Waals surface area contributed by atoms with Gasteiger partial charge in [-0.1, -0.05) is 0 Å². The molecule has 100 valence electrons. The van der Waals surface area contributed by atoms with E-state index in [0.29, 0.717) is 12.4 Å². The molecule has 0 aliphatic rings. The van der Waals surface area contributed by atoms with Gasteiger partial charge in [0, 0.05) is 13.2 Å². The standard InChI is InChI=1S/C10H17N5O3/c11-14-10-7-8(15(17)18)6-9(13-10)12-4-2-1-3-5-16/h6-7,16H,1-5,11H2,(H2,12,13,14). The molecule has 1 aromatic heterocycles. The van der Waals surface area contributed by atoms with Crippen LogP contribution in [0.25, 0.3) is 0 Å². The largest absolute Gasteiger partial charge is 0.396 e. The van der Waals surface area contributed by atoms with Crippen LogP contribution in [0.15, 0.2) is 12.1 Å². The molecule has 0 bridgehead atoms. The van der Waals surface area contributed by atoms with E-state index in [1.807, 2.05) is 0 Å². The quantitative estimate of drug-likeness (QED) is 0.235. The van der Waals surface area contributed by atoms with Crippen molar-refractivity contribution in [3.63, 3.8) is 0 Å². The van der Waals surface area contributed by atoms with Crippen LogP contribution >= 0.6 is 0 Å². The first-order valence-corrected chi connectivity index (χ1v) is 5.65. The maximum absolute atomic E-state index is 10.7. The molecule has 0 aromatic carbocycles. The minimum absolute atomic E-state index is 0.0733. The Morgan fingerprint density at radius 3 is 2.67 bits per heavy atom. The number of aromatic nitrogens is 1. The lowest BCUT2D eigenvalue weighted by atomic mass is 10.2. The number of unbranched alkanes of at least 4 members (excludes halogenated alkanes) is 2. The fourth-order valence-electron chi connectivity index (χ4n) is 1.42. The molecule has 1 aromatic rings. The van der Waals surface area contributed by atoms with Crippen LogP contribution in [-0.2, 0) is 0 Å². The highest BCUT2D eigenvalue weighted by atomic mass is 16.6. The van der Waals surface area contributed by atoms with Gasteiger partial charge < -0.3 is 15.8 Å². The molecule has 0 saturated carbocycles. The number of hydrogen-bond acceptors (Lipinski definition) is 7. The van der Waals surface area contributed by atoms with Crippen LogP contribution in [0.1, 0.15) is 19.3 Å². The first kappa shape index (κ1) is 14.1. The predicted molar refractivity (Wildman–Crippen MR) is 68.1 cm³/mol. The number of nitrogens with two attached hydrogens (primary N) is 1. The molecule has 1 heterocycles. The second-order valence-electron chi connectivity index (χ2n) is 3.71. The number of hydrogen-bond donors (Lipinski definition) is 4. The molecule has 0 aliphatic carbocycles. The second-order valence-corrected chi connectivity index (χ2v) is 3.71. The first-order valence-electron chi connectivity index (χ1n) is 5.65. The highest BCUT2D eigenvalue weighted by Gasteiger charge is 2.10. The van der Waals surface area contributed by atoms with Gasteiger partial charge in [-0.2, -0.15) is 0 Å². The van der Waals surface area contributed by atoms with E-state index in [2.05, 4.69) is 15.7 Å². The van der Waals surface area contributed by atoms with Crippen molar-refractivity contribution in [2.75, 3.05) is 23.9 Å². The molecule has 1 rings (SSSR count). The van der Waals surface area contributed by atoms with Crippen LogP contribution in [0.4, 0.5) is 17.3 Å². The molecule has 8 heteroatoms. The summed E-state index contributed by atoms with van der Waals surface area (Å²) in [5.74, 6) is 5.83. The van der Waals surface area contributed by atoms with Crippen LogP contribution in [0, 0.1) is 10.1 Å². The Kier molecular flexibility index (Phi) is 5.81. The average Bonchev–Trinajstić information content (AvgIpc) is 2.38. The van der Waals surface area contributed by atoms with Gasteiger partial charge in [-0.05, 0) is 19.3 Å². The summed E-state index contributed by atoms with van der Waals surface area (Å²) < 4.78 is 0. The molecule has 18 heavy (non-hydrogen) atoms. The predicted octanol–water partition coefficient (Wildman–Crippen LogP) is 0.850. The number of nitrogen functional groups attached to an aromatic ring is 1. The molecule has 0 aliphatic heterocycles. The van der Waals surface area contributed by atoms with E-state index < -0.39 is 4.92 Å². The van der Waals surface area contributed by atoms with E-state index in [-0.39, 0.29) is 18.1 Å². The minimum atomic E-state index is -0.501. The number of nitro groups is 1. The van der Waals surface area contributed by atoms with Crippen molar-refractivity contribution >= 4 is 17.3 Å². The monoisotopic (exact) mass is 255 g/mol. The van der Waals surface area contributed by atoms with Crippen molar-refractivity contribution in [2.24, 2.45) is 5.84 Å². The summed E-state index contributed by atoms with van der Waals surface area (Å²) in [6, 6.07) is 2.61. The lowest BCUT2D eigenvalue weighted by molar-refractivity contribution is -0.384. The molecule has 0 radical (unpaired) electrons. The number of anilines is 2. The van der Waals surface area contributed by atoms with Crippen molar-refractivity contribution in [2.45, 2.75) is 19.3 Å². The third-order valence-electron chi connectivity index (χ3n) is 2.31. The zero-order chi connectivity index (χ0) is 13.4. The second kappa shape index (κ2) is 7.41. The van der Waals surface area contributed by atoms with Gasteiger partial charge in [-0.15, -0.1) is 0 Å². The summed E-state index contributed by atoms with van der Waals surface area (Å²) in [6.07, 6.45) is 2.50. The van der Waals surface area contributed by atoms with Crippen molar-refractivity contribution in [3.8, 4) is 0 Å². The molecular weight excluding hydrogens is 238 g/mol. The Bertz CT molecular complexity index is 399. The SMILES string of the molecule is NNc1cc([N+](=O)[O-])cc(NCCCCCO)n1. The van der Waals surface area contributed by atoms with E-state index in [1.54, 1.807) is 0 Å². The number of aliphatic hydroxyl groups is 1. The normalized spacial score (nSPS) is 10.1. The molecule has 0 unspecified atom stereocenters. The molecule has 0 atom stereocenters. The number of nitrogens with one attached hydrogen (secondary N) is 2. The summed E-state index contributed by atoms with van der Waals surface area (Å²) in [4.78, 5) is 14.2. The summed E-state index contributed by atoms with van der Waals surface area (Å²) >= 11 is 0. The third-order valence-corrected chi connectivity index (χ3v) is 2.31. The fourth-order valence-corrected chi connectivity index (χ4v) is 1.42. The van der Waals surface area contributed by atoms with Gasteiger partial charge in [0.2, 0.25) is 0 Å². The van der Waals surface area contributed by atoms with E-state index in [9.17, 15) is 10.1 Å². The maximum Gasteiger partial charge on any atom is 0.276 e. The number of rotatable bonds is 8. The summed E-state index contributed by atoms with van der Waals surface area (Å²) in [6.45, 7) is 0.814. The van der Waals surface area contributed by atoms with Gasteiger partial charge in [0.25, 0.3) is 5.69 Å². The smallest absolute Gasteiger partial charge is 0.276 e. The Morgan fingerprint density at radius 1 is 1.33 bits per heavy atom. The Balaban J connectivity index is 2.58. The van der Waals surface area contributed by atoms with Crippen LogP contribution in [0.5, 0.6) is 0 Å². The van der Waals surface area contributed by atoms with Gasteiger partial charge >= 0.3 is 0 Å². The van der Waals surface area contributed by atoms with Crippen molar-refractivity contribution < 1.29 is 10.0 Å². The van der Waals surface area contributed by atoms with E-state index in [0.717, 1.165) is 19.3 Å². The topological polar surface area (TPSA) is 126 Å². The van der Waals surface area contributed by atoms with Crippen molar-refractivity contribution in [1.29, 1.82) is 0 Å². The van der Waals surface area contributed by atoms with Gasteiger partial charge in [0.1, 0.15) is 11.6 Å². The third kappa shape index (κ3) is 4.52. The maximum atomic E-state index is 10.7. The van der Waals surface area contributed by atoms with Crippen molar-refractivity contribution in [3.05, 3.63) is 22.2 Å². The first-order chi connectivity index (χ1) is 8.67. The van der Waals surface area contributed by atoms with E-state index in [4.69, 9.17) is 10.9 Å². The molecule has 0 fully saturated rings. The zero-order valence-corrected chi connectivity index (χ0v) is 9.93. The Labute approximate surface area is 104 Å². The molecular formula is C10H17N5O3. The molecule has 0 amide bonds. The zero-order valence-electron chi connectivity index (χ0n) is 9.93. The molecule has 0 spiro atoms. The summed E-state index contributed by atoms with van der Waals surface area (Å²) in [7, 11) is 0. The fraction of sp³-hybridized carbons (Fsp3) is 0.500. The minimum Gasteiger partial charge on any atom is -0.396 e.